The molecule has 3 heteroatoms. The molecule has 0 atom stereocenters. The lowest BCUT2D eigenvalue weighted by molar-refractivity contribution is -0.150. The molecule has 0 spiro atoms. The fraction of sp³-hybridized carbons (Fsp3) is 0.917. The van der Waals surface area contributed by atoms with E-state index in [2.05, 4.69) is 0 Å². The van der Waals surface area contributed by atoms with E-state index in [9.17, 15) is 9.90 Å². The fourth-order valence-electron chi connectivity index (χ4n) is 2.31. The summed E-state index contributed by atoms with van der Waals surface area (Å²) in [5.41, 5.74) is -1.23. The van der Waals surface area contributed by atoms with Crippen LogP contribution in [0.4, 0.5) is 0 Å². The number of nitrogens with zero attached hydrogens (tertiary/aromatic N) is 1. The van der Waals surface area contributed by atoms with E-state index in [-0.39, 0.29) is 5.91 Å². The number of aliphatic hydroxyl groups is 1. The number of rotatable bonds is 3. The van der Waals surface area contributed by atoms with Crippen molar-refractivity contribution in [1.82, 2.24) is 4.90 Å². The maximum Gasteiger partial charge on any atom is 0.254 e. The summed E-state index contributed by atoms with van der Waals surface area (Å²) in [6, 6.07) is 0.350. The van der Waals surface area contributed by atoms with Gasteiger partial charge in [-0.05, 0) is 33.6 Å². The molecule has 0 bridgehead atoms. The highest BCUT2D eigenvalue weighted by atomic mass is 16.3. The average Bonchev–Trinajstić information content (AvgIpc) is 2.19. The third kappa shape index (κ3) is 3.20. The maximum absolute atomic E-state index is 12.0. The van der Waals surface area contributed by atoms with Gasteiger partial charge in [0.2, 0.25) is 0 Å². The van der Waals surface area contributed by atoms with Gasteiger partial charge >= 0.3 is 0 Å². The van der Waals surface area contributed by atoms with E-state index in [1.165, 1.54) is 19.3 Å². The first-order valence-electron chi connectivity index (χ1n) is 6.00. The van der Waals surface area contributed by atoms with Gasteiger partial charge in [0, 0.05) is 12.6 Å². The highest BCUT2D eigenvalue weighted by molar-refractivity contribution is 5.84. The standard InChI is InChI=1S/C12H23NO2/c1-4-13(11(14)12(2,3)15)10-8-6-5-7-9-10/h10,15H,4-9H2,1-3H3. The van der Waals surface area contributed by atoms with E-state index in [0.29, 0.717) is 12.6 Å². The minimum absolute atomic E-state index is 0.128. The molecule has 3 nitrogen and oxygen atoms in total. The molecular formula is C12H23NO2. The van der Waals surface area contributed by atoms with Crippen LogP contribution >= 0.6 is 0 Å². The number of amides is 1. The van der Waals surface area contributed by atoms with E-state index < -0.39 is 5.60 Å². The summed E-state index contributed by atoms with van der Waals surface area (Å²) in [4.78, 5) is 13.8. The van der Waals surface area contributed by atoms with Crippen molar-refractivity contribution in [3.8, 4) is 0 Å². The fourth-order valence-corrected chi connectivity index (χ4v) is 2.31. The zero-order valence-corrected chi connectivity index (χ0v) is 10.1. The van der Waals surface area contributed by atoms with Gasteiger partial charge in [0.05, 0.1) is 0 Å². The molecule has 1 N–H and O–H groups in total. The van der Waals surface area contributed by atoms with Crippen LogP contribution in [-0.4, -0.2) is 34.1 Å². The Morgan fingerprint density at radius 3 is 2.27 bits per heavy atom. The molecule has 88 valence electrons. The summed E-state index contributed by atoms with van der Waals surface area (Å²) in [6.45, 7) is 5.83. The molecule has 0 radical (unpaired) electrons. The van der Waals surface area contributed by atoms with E-state index in [1.807, 2.05) is 11.8 Å². The van der Waals surface area contributed by atoms with Gasteiger partial charge in [-0.15, -0.1) is 0 Å². The van der Waals surface area contributed by atoms with Crippen molar-refractivity contribution in [3.63, 3.8) is 0 Å². The van der Waals surface area contributed by atoms with Gasteiger partial charge in [-0.3, -0.25) is 4.79 Å². The Labute approximate surface area is 92.5 Å². The van der Waals surface area contributed by atoms with Crippen LogP contribution in [0.15, 0.2) is 0 Å². The quantitative estimate of drug-likeness (QED) is 0.778. The van der Waals surface area contributed by atoms with Crippen molar-refractivity contribution in [2.24, 2.45) is 0 Å². The molecule has 1 aliphatic carbocycles. The lowest BCUT2D eigenvalue weighted by atomic mass is 9.93. The van der Waals surface area contributed by atoms with Gasteiger partial charge < -0.3 is 10.0 Å². The molecule has 1 aliphatic rings. The van der Waals surface area contributed by atoms with Crippen LogP contribution in [-0.2, 0) is 4.79 Å². The van der Waals surface area contributed by atoms with Crippen LogP contribution in [0.5, 0.6) is 0 Å². The Hall–Kier alpha value is -0.570. The summed E-state index contributed by atoms with van der Waals surface area (Å²) in [5.74, 6) is -0.128. The smallest absolute Gasteiger partial charge is 0.254 e. The lowest BCUT2D eigenvalue weighted by Gasteiger charge is -2.36. The van der Waals surface area contributed by atoms with Gasteiger partial charge in [-0.2, -0.15) is 0 Å². The summed E-state index contributed by atoms with van der Waals surface area (Å²) in [6.07, 6.45) is 5.89. The van der Waals surface area contributed by atoms with Crippen molar-refractivity contribution in [2.75, 3.05) is 6.54 Å². The molecular weight excluding hydrogens is 190 g/mol. The molecule has 0 saturated heterocycles. The topological polar surface area (TPSA) is 40.5 Å². The van der Waals surface area contributed by atoms with Crippen molar-refractivity contribution < 1.29 is 9.90 Å². The molecule has 1 rings (SSSR count). The van der Waals surface area contributed by atoms with Gasteiger partial charge in [-0.1, -0.05) is 19.3 Å². The van der Waals surface area contributed by atoms with Crippen molar-refractivity contribution in [3.05, 3.63) is 0 Å². The first-order valence-corrected chi connectivity index (χ1v) is 6.00. The number of carbonyl (C=O) groups excluding carboxylic acids is 1. The largest absolute Gasteiger partial charge is 0.381 e. The third-order valence-electron chi connectivity index (χ3n) is 3.14. The summed E-state index contributed by atoms with van der Waals surface area (Å²) in [5, 5.41) is 9.73. The summed E-state index contributed by atoms with van der Waals surface area (Å²) < 4.78 is 0. The summed E-state index contributed by atoms with van der Waals surface area (Å²) >= 11 is 0. The highest BCUT2D eigenvalue weighted by Gasteiger charge is 2.33. The molecule has 1 amide bonds. The van der Waals surface area contributed by atoms with Crippen molar-refractivity contribution in [1.29, 1.82) is 0 Å². The minimum Gasteiger partial charge on any atom is -0.381 e. The number of hydrogen-bond acceptors (Lipinski definition) is 2. The Kier molecular flexibility index (Phi) is 4.14. The molecule has 0 aliphatic heterocycles. The van der Waals surface area contributed by atoms with Gasteiger partial charge in [0.25, 0.3) is 5.91 Å². The van der Waals surface area contributed by atoms with Crippen LogP contribution in [0.25, 0.3) is 0 Å². The first-order chi connectivity index (χ1) is 6.96. The van der Waals surface area contributed by atoms with Crippen LogP contribution < -0.4 is 0 Å². The van der Waals surface area contributed by atoms with Crippen LogP contribution in [0.1, 0.15) is 52.9 Å². The normalized spacial score (nSPS) is 18.9. The summed E-state index contributed by atoms with van der Waals surface area (Å²) in [7, 11) is 0. The van der Waals surface area contributed by atoms with Gasteiger partial charge in [-0.25, -0.2) is 0 Å². The molecule has 0 unspecified atom stereocenters. The molecule has 1 saturated carbocycles. The molecule has 0 aromatic carbocycles. The average molecular weight is 213 g/mol. The van der Waals surface area contributed by atoms with Crippen molar-refractivity contribution in [2.45, 2.75) is 64.5 Å². The van der Waals surface area contributed by atoms with E-state index in [1.54, 1.807) is 13.8 Å². The molecule has 0 aromatic rings. The monoisotopic (exact) mass is 213 g/mol. The van der Waals surface area contributed by atoms with E-state index in [4.69, 9.17) is 0 Å². The van der Waals surface area contributed by atoms with Crippen LogP contribution in [0.3, 0.4) is 0 Å². The number of hydrogen-bond donors (Lipinski definition) is 1. The third-order valence-corrected chi connectivity index (χ3v) is 3.14. The second-order valence-corrected chi connectivity index (χ2v) is 4.94. The molecule has 0 aromatic heterocycles. The predicted octanol–water partition coefficient (Wildman–Crippen LogP) is 1.94. The van der Waals surface area contributed by atoms with Crippen LogP contribution in [0, 0.1) is 0 Å². The SMILES string of the molecule is CCN(C(=O)C(C)(C)O)C1CCCCC1. The second kappa shape index (κ2) is 4.97. The Morgan fingerprint density at radius 1 is 1.33 bits per heavy atom. The lowest BCUT2D eigenvalue weighted by Crippen LogP contribution is -2.50. The van der Waals surface area contributed by atoms with Crippen LogP contribution in [0.2, 0.25) is 0 Å². The predicted molar refractivity (Wildman–Crippen MR) is 60.6 cm³/mol. The Bertz CT molecular complexity index is 214. The highest BCUT2D eigenvalue weighted by Crippen LogP contribution is 2.24. The van der Waals surface area contributed by atoms with Gasteiger partial charge in [0.15, 0.2) is 0 Å². The second-order valence-electron chi connectivity index (χ2n) is 4.94. The first kappa shape index (κ1) is 12.5. The number of carbonyl (C=O) groups is 1. The van der Waals surface area contributed by atoms with Gasteiger partial charge in [0.1, 0.15) is 5.60 Å². The molecule has 15 heavy (non-hydrogen) atoms. The van der Waals surface area contributed by atoms with E-state index in [0.717, 1.165) is 12.8 Å². The Morgan fingerprint density at radius 2 is 1.87 bits per heavy atom. The van der Waals surface area contributed by atoms with E-state index >= 15 is 0 Å². The zero-order chi connectivity index (χ0) is 11.5. The Balaban J connectivity index is 2.65. The number of likely N-dealkylation sites (N-methyl/N-ethyl adjacent to an activating group) is 1. The zero-order valence-electron chi connectivity index (χ0n) is 10.1. The maximum atomic E-state index is 12.0. The molecule has 1 fully saturated rings. The van der Waals surface area contributed by atoms with Crippen molar-refractivity contribution >= 4 is 5.91 Å². The minimum atomic E-state index is -1.23. The molecule has 0 heterocycles.